The van der Waals surface area contributed by atoms with Gasteiger partial charge in [-0.1, -0.05) is 37.6 Å². The Hall–Kier alpha value is -1.35. The number of benzene rings is 1. The summed E-state index contributed by atoms with van der Waals surface area (Å²) in [7, 11) is 0. The lowest BCUT2D eigenvalue weighted by molar-refractivity contribution is -0.137. The summed E-state index contributed by atoms with van der Waals surface area (Å²) < 4.78 is 0. The maximum atomic E-state index is 10.4. The molecule has 0 aliphatic rings. The van der Waals surface area contributed by atoms with Crippen LogP contribution in [0.25, 0.3) is 0 Å². The quantitative estimate of drug-likeness (QED) is 0.744. The van der Waals surface area contributed by atoms with Gasteiger partial charge in [0, 0.05) is 6.42 Å². The number of hydrogen-bond acceptors (Lipinski definition) is 2. The van der Waals surface area contributed by atoms with Gasteiger partial charge in [0.05, 0.1) is 6.10 Å². The maximum Gasteiger partial charge on any atom is 0.303 e. The number of aliphatic hydroxyl groups is 1. The molecule has 0 aliphatic carbocycles. The number of aryl methyl sites for hydroxylation is 1. The molecule has 0 fully saturated rings. The molecule has 1 atom stereocenters. The molecule has 0 saturated heterocycles. The fourth-order valence-electron chi connectivity index (χ4n) is 1.90. The molecule has 3 heteroatoms. The van der Waals surface area contributed by atoms with Gasteiger partial charge in [0.1, 0.15) is 0 Å². The molecule has 1 rings (SSSR count). The summed E-state index contributed by atoms with van der Waals surface area (Å²) in [5.41, 5.74) is 2.17. The van der Waals surface area contributed by atoms with E-state index in [1.165, 1.54) is 18.4 Å². The minimum Gasteiger partial charge on any atom is -0.481 e. The van der Waals surface area contributed by atoms with Crippen LogP contribution in [0, 0.1) is 0 Å². The Morgan fingerprint density at radius 2 is 1.89 bits per heavy atom. The number of unbranched alkanes of at least 4 members (excludes halogenated alkanes) is 1. The molecule has 0 radical (unpaired) electrons. The molecule has 0 saturated carbocycles. The van der Waals surface area contributed by atoms with Crippen LogP contribution in [0.3, 0.4) is 0 Å². The summed E-state index contributed by atoms with van der Waals surface area (Å²) in [5.74, 6) is -0.808. The molecule has 3 nitrogen and oxygen atoms in total. The molecule has 1 unspecified atom stereocenters. The van der Waals surface area contributed by atoms with E-state index < -0.39 is 12.1 Å². The Labute approximate surface area is 108 Å². The van der Waals surface area contributed by atoms with E-state index in [4.69, 9.17) is 5.11 Å². The summed E-state index contributed by atoms with van der Waals surface area (Å²) in [6.07, 6.45) is 4.01. The van der Waals surface area contributed by atoms with E-state index in [2.05, 4.69) is 6.92 Å². The summed E-state index contributed by atoms with van der Waals surface area (Å²) >= 11 is 0. The van der Waals surface area contributed by atoms with Gasteiger partial charge < -0.3 is 10.2 Å². The van der Waals surface area contributed by atoms with Crippen molar-refractivity contribution in [3.63, 3.8) is 0 Å². The van der Waals surface area contributed by atoms with Crippen LogP contribution in [-0.4, -0.2) is 16.2 Å². The van der Waals surface area contributed by atoms with Crippen LogP contribution in [0.2, 0.25) is 0 Å². The molecule has 100 valence electrons. The second-order valence-corrected chi connectivity index (χ2v) is 4.65. The van der Waals surface area contributed by atoms with Crippen LogP contribution >= 0.6 is 0 Å². The average molecular weight is 250 g/mol. The number of aliphatic hydroxyl groups excluding tert-OH is 1. The highest BCUT2D eigenvalue weighted by atomic mass is 16.4. The number of carbonyl (C=O) groups is 1. The van der Waals surface area contributed by atoms with Crippen LogP contribution in [0.4, 0.5) is 0 Å². The second kappa shape index (κ2) is 7.88. The van der Waals surface area contributed by atoms with E-state index in [0.29, 0.717) is 12.8 Å². The third-order valence-electron chi connectivity index (χ3n) is 3.05. The lowest BCUT2D eigenvalue weighted by atomic mass is 10.0. The third kappa shape index (κ3) is 5.32. The summed E-state index contributed by atoms with van der Waals surface area (Å²) in [6.45, 7) is 2.17. The molecule has 0 spiro atoms. The number of carboxylic acids is 1. The first-order valence-electron chi connectivity index (χ1n) is 6.62. The van der Waals surface area contributed by atoms with Crippen LogP contribution in [0.15, 0.2) is 24.3 Å². The topological polar surface area (TPSA) is 57.5 Å². The number of carboxylic acid groups (broad SMARTS) is 1. The Balaban J connectivity index is 2.43. The van der Waals surface area contributed by atoms with E-state index in [1.807, 2.05) is 24.3 Å². The predicted octanol–water partition coefficient (Wildman–Crippen LogP) is 3.32. The first-order valence-corrected chi connectivity index (χ1v) is 6.62. The zero-order valence-corrected chi connectivity index (χ0v) is 10.9. The summed E-state index contributed by atoms with van der Waals surface area (Å²) in [4.78, 5) is 10.4. The van der Waals surface area contributed by atoms with Gasteiger partial charge in [0.2, 0.25) is 0 Å². The largest absolute Gasteiger partial charge is 0.481 e. The highest BCUT2D eigenvalue weighted by Gasteiger charge is 2.08. The van der Waals surface area contributed by atoms with Gasteiger partial charge >= 0.3 is 5.97 Å². The number of aliphatic carboxylic acids is 1. The summed E-state index contributed by atoms with van der Waals surface area (Å²) in [6, 6.07) is 7.98. The van der Waals surface area contributed by atoms with E-state index in [-0.39, 0.29) is 6.42 Å². The van der Waals surface area contributed by atoms with Gasteiger partial charge in [-0.3, -0.25) is 4.79 Å². The van der Waals surface area contributed by atoms with Crippen LogP contribution in [0.1, 0.15) is 56.3 Å². The number of rotatable bonds is 8. The van der Waals surface area contributed by atoms with Crippen molar-refractivity contribution in [3.05, 3.63) is 35.4 Å². The molecule has 2 N–H and O–H groups in total. The van der Waals surface area contributed by atoms with Crippen LogP contribution in [0.5, 0.6) is 0 Å². The molecule has 0 bridgehead atoms. The van der Waals surface area contributed by atoms with Crippen molar-refractivity contribution in [1.29, 1.82) is 0 Å². The van der Waals surface area contributed by atoms with Crippen molar-refractivity contribution in [2.75, 3.05) is 0 Å². The van der Waals surface area contributed by atoms with Crippen molar-refractivity contribution in [2.45, 2.75) is 51.6 Å². The molecular weight excluding hydrogens is 228 g/mol. The standard InChI is InChI=1S/C15H22O3/c1-2-3-5-12-8-10-13(11-9-12)14(16)6-4-7-15(17)18/h8-11,14,16H,2-7H2,1H3,(H,17,18). The lowest BCUT2D eigenvalue weighted by Crippen LogP contribution is -2.00. The van der Waals surface area contributed by atoms with Crippen molar-refractivity contribution in [3.8, 4) is 0 Å². The molecule has 18 heavy (non-hydrogen) atoms. The smallest absolute Gasteiger partial charge is 0.303 e. The van der Waals surface area contributed by atoms with Gasteiger partial charge in [-0.05, 0) is 36.8 Å². The van der Waals surface area contributed by atoms with Crippen LogP contribution in [-0.2, 0) is 11.2 Å². The average Bonchev–Trinajstić information content (AvgIpc) is 2.36. The maximum absolute atomic E-state index is 10.4. The van der Waals surface area contributed by atoms with Crippen molar-refractivity contribution < 1.29 is 15.0 Å². The van der Waals surface area contributed by atoms with Crippen molar-refractivity contribution in [1.82, 2.24) is 0 Å². The van der Waals surface area contributed by atoms with E-state index in [0.717, 1.165) is 12.0 Å². The molecule has 1 aromatic carbocycles. The summed E-state index contributed by atoms with van der Waals surface area (Å²) in [5, 5.41) is 18.4. The molecule has 0 amide bonds. The predicted molar refractivity (Wildman–Crippen MR) is 71.5 cm³/mol. The number of hydrogen-bond donors (Lipinski definition) is 2. The van der Waals surface area contributed by atoms with E-state index in [9.17, 15) is 9.90 Å². The van der Waals surface area contributed by atoms with Gasteiger partial charge in [-0.15, -0.1) is 0 Å². The molecular formula is C15H22O3. The van der Waals surface area contributed by atoms with E-state index in [1.54, 1.807) is 0 Å². The highest BCUT2D eigenvalue weighted by Crippen LogP contribution is 2.20. The van der Waals surface area contributed by atoms with Gasteiger partial charge in [0.25, 0.3) is 0 Å². The minimum absolute atomic E-state index is 0.117. The van der Waals surface area contributed by atoms with Crippen molar-refractivity contribution >= 4 is 5.97 Å². The lowest BCUT2D eigenvalue weighted by Gasteiger charge is -2.11. The zero-order valence-electron chi connectivity index (χ0n) is 10.9. The fraction of sp³-hybridized carbons (Fsp3) is 0.533. The van der Waals surface area contributed by atoms with Gasteiger partial charge in [-0.2, -0.15) is 0 Å². The molecule has 0 aliphatic heterocycles. The first-order chi connectivity index (χ1) is 8.63. The van der Waals surface area contributed by atoms with Crippen LogP contribution < -0.4 is 0 Å². The minimum atomic E-state index is -0.808. The second-order valence-electron chi connectivity index (χ2n) is 4.65. The van der Waals surface area contributed by atoms with Gasteiger partial charge in [-0.25, -0.2) is 0 Å². The SMILES string of the molecule is CCCCc1ccc(C(O)CCCC(=O)O)cc1. The third-order valence-corrected chi connectivity index (χ3v) is 3.05. The monoisotopic (exact) mass is 250 g/mol. The normalized spacial score (nSPS) is 12.3. The Kier molecular flexibility index (Phi) is 6.44. The molecule has 0 heterocycles. The molecule has 0 aromatic heterocycles. The highest BCUT2D eigenvalue weighted by molar-refractivity contribution is 5.66. The Morgan fingerprint density at radius 1 is 1.22 bits per heavy atom. The fourth-order valence-corrected chi connectivity index (χ4v) is 1.90. The van der Waals surface area contributed by atoms with E-state index >= 15 is 0 Å². The Morgan fingerprint density at radius 3 is 2.44 bits per heavy atom. The van der Waals surface area contributed by atoms with Gasteiger partial charge in [0.15, 0.2) is 0 Å². The Bertz CT molecular complexity index is 357. The van der Waals surface area contributed by atoms with Crippen molar-refractivity contribution in [2.24, 2.45) is 0 Å². The molecule has 1 aromatic rings. The zero-order chi connectivity index (χ0) is 13.4. The first kappa shape index (κ1) is 14.7.